The normalized spacial score (nSPS) is 10.3. The second-order valence-electron chi connectivity index (χ2n) is 6.17. The van der Waals surface area contributed by atoms with Crippen LogP contribution in [0.2, 0.25) is 0 Å². The fourth-order valence-corrected chi connectivity index (χ4v) is 3.24. The molecule has 0 aliphatic rings. The van der Waals surface area contributed by atoms with Gasteiger partial charge in [-0.25, -0.2) is 0 Å². The molecule has 7 heteroatoms. The zero-order valence-electron chi connectivity index (χ0n) is 16.1. The highest BCUT2D eigenvalue weighted by Crippen LogP contribution is 2.35. The third kappa shape index (κ3) is 4.80. The van der Waals surface area contributed by atoms with Crippen molar-refractivity contribution in [1.82, 2.24) is 4.90 Å². The largest absolute Gasteiger partial charge is 0.495 e. The Morgan fingerprint density at radius 3 is 2.07 bits per heavy atom. The first-order valence-corrected chi connectivity index (χ1v) is 9.10. The number of rotatable bonds is 6. The minimum atomic E-state index is -0.309. The molecule has 0 unspecified atom stereocenters. The molecule has 0 bridgehead atoms. The van der Waals surface area contributed by atoms with Crippen LogP contribution in [-0.2, 0) is 4.79 Å². The van der Waals surface area contributed by atoms with E-state index in [4.69, 9.17) is 9.47 Å². The first-order valence-electron chi connectivity index (χ1n) is 8.31. The van der Waals surface area contributed by atoms with Gasteiger partial charge in [-0.3, -0.25) is 9.59 Å². The third-order valence-electron chi connectivity index (χ3n) is 4.17. The molecule has 6 nitrogen and oxygen atoms in total. The second kappa shape index (κ2) is 8.90. The van der Waals surface area contributed by atoms with E-state index in [0.717, 1.165) is 16.8 Å². The number of amides is 2. The summed E-state index contributed by atoms with van der Waals surface area (Å²) in [5.41, 5.74) is 3.09. The van der Waals surface area contributed by atoms with E-state index in [1.807, 2.05) is 32.0 Å². The molecule has 27 heavy (non-hydrogen) atoms. The van der Waals surface area contributed by atoms with Gasteiger partial charge in [0.05, 0.1) is 20.8 Å². The smallest absolute Gasteiger partial charge is 0.254 e. The van der Waals surface area contributed by atoms with E-state index in [1.54, 1.807) is 19.2 Å². The fourth-order valence-electron chi connectivity index (χ4n) is 2.69. The van der Waals surface area contributed by atoms with Crippen molar-refractivity contribution in [3.05, 3.63) is 51.5 Å². The van der Waals surface area contributed by atoms with Gasteiger partial charge in [-0.2, -0.15) is 0 Å². The Hall–Kier alpha value is -2.54. The predicted octanol–water partition coefficient (Wildman–Crippen LogP) is 3.79. The number of carbonyl (C=O) groups excluding carboxylic acids is 2. The highest BCUT2D eigenvalue weighted by molar-refractivity contribution is 9.10. The molecule has 0 atom stereocenters. The van der Waals surface area contributed by atoms with Crippen LogP contribution in [0.15, 0.2) is 34.8 Å². The van der Waals surface area contributed by atoms with E-state index in [0.29, 0.717) is 21.5 Å². The summed E-state index contributed by atoms with van der Waals surface area (Å²) in [6.45, 7) is 3.78. The molecule has 0 radical (unpaired) electrons. The molecular formula is C20H23BrN2O4. The second-order valence-corrected chi connectivity index (χ2v) is 6.96. The van der Waals surface area contributed by atoms with Gasteiger partial charge < -0.3 is 19.7 Å². The number of halogens is 1. The van der Waals surface area contributed by atoms with Crippen molar-refractivity contribution in [1.29, 1.82) is 0 Å². The van der Waals surface area contributed by atoms with Crippen LogP contribution in [0.25, 0.3) is 0 Å². The number of ether oxygens (including phenoxy) is 2. The van der Waals surface area contributed by atoms with Crippen molar-refractivity contribution in [3.63, 3.8) is 0 Å². The highest BCUT2D eigenvalue weighted by Gasteiger charge is 2.19. The number of para-hydroxylation sites is 1. The minimum Gasteiger partial charge on any atom is -0.495 e. The number of nitrogens with zero attached hydrogens (tertiary/aromatic N) is 1. The molecule has 0 spiro atoms. The van der Waals surface area contributed by atoms with Crippen LogP contribution in [0.3, 0.4) is 0 Å². The van der Waals surface area contributed by atoms with Crippen LogP contribution in [-0.4, -0.2) is 44.5 Å². The van der Waals surface area contributed by atoms with Gasteiger partial charge in [-0.1, -0.05) is 18.2 Å². The van der Waals surface area contributed by atoms with Crippen LogP contribution in [0.1, 0.15) is 21.5 Å². The summed E-state index contributed by atoms with van der Waals surface area (Å²) in [7, 11) is 4.60. The molecule has 0 heterocycles. The molecule has 2 rings (SSSR count). The molecule has 0 saturated heterocycles. The van der Waals surface area contributed by atoms with Crippen LogP contribution < -0.4 is 14.8 Å². The monoisotopic (exact) mass is 434 g/mol. The lowest BCUT2D eigenvalue weighted by molar-refractivity contribution is -0.116. The summed E-state index contributed by atoms with van der Waals surface area (Å²) in [6, 6.07) is 9.00. The van der Waals surface area contributed by atoms with E-state index < -0.39 is 0 Å². The number of aryl methyl sites for hydroxylation is 2. The van der Waals surface area contributed by atoms with Gasteiger partial charge in [0.25, 0.3) is 5.91 Å². The SMILES string of the molecule is COc1cc(C(=O)N(C)CC(=O)Nc2c(C)cccc2C)cc(OC)c1Br. The maximum Gasteiger partial charge on any atom is 0.254 e. The summed E-state index contributed by atoms with van der Waals surface area (Å²) >= 11 is 3.37. The maximum atomic E-state index is 12.7. The molecule has 0 aliphatic heterocycles. The average molecular weight is 435 g/mol. The lowest BCUT2D eigenvalue weighted by atomic mass is 10.1. The summed E-state index contributed by atoms with van der Waals surface area (Å²) < 4.78 is 11.2. The number of hydrogen-bond donors (Lipinski definition) is 1. The topological polar surface area (TPSA) is 67.9 Å². The Bertz CT molecular complexity index is 822. The van der Waals surface area contributed by atoms with E-state index in [2.05, 4.69) is 21.2 Å². The first kappa shape index (κ1) is 20.8. The molecule has 2 aromatic carbocycles. The molecule has 0 aromatic heterocycles. The number of methoxy groups -OCH3 is 2. The zero-order valence-corrected chi connectivity index (χ0v) is 17.6. The molecule has 2 amide bonds. The van der Waals surface area contributed by atoms with E-state index in [9.17, 15) is 9.59 Å². The van der Waals surface area contributed by atoms with Crippen LogP contribution >= 0.6 is 15.9 Å². The van der Waals surface area contributed by atoms with E-state index in [-0.39, 0.29) is 18.4 Å². The van der Waals surface area contributed by atoms with Crippen molar-refractivity contribution in [3.8, 4) is 11.5 Å². The first-order chi connectivity index (χ1) is 12.8. The molecule has 144 valence electrons. The van der Waals surface area contributed by atoms with Crippen LogP contribution in [0.5, 0.6) is 11.5 Å². The Kier molecular flexibility index (Phi) is 6.85. The molecular weight excluding hydrogens is 412 g/mol. The average Bonchev–Trinajstić information content (AvgIpc) is 2.64. The standard InChI is InChI=1S/C20H23BrN2O4/c1-12-7-6-8-13(2)19(12)22-17(24)11-23(3)20(25)14-9-15(26-4)18(21)16(10-14)27-5/h6-10H,11H2,1-5H3,(H,22,24). The van der Waals surface area contributed by atoms with Gasteiger partial charge in [-0.05, 0) is 53.0 Å². The van der Waals surface area contributed by atoms with Gasteiger partial charge >= 0.3 is 0 Å². The van der Waals surface area contributed by atoms with Crippen LogP contribution in [0.4, 0.5) is 5.69 Å². The third-order valence-corrected chi connectivity index (χ3v) is 4.95. The lowest BCUT2D eigenvalue weighted by Gasteiger charge is -2.19. The Labute approximate surface area is 167 Å². The molecule has 2 aromatic rings. The number of hydrogen-bond acceptors (Lipinski definition) is 4. The maximum absolute atomic E-state index is 12.7. The van der Waals surface area contributed by atoms with Crippen molar-refractivity contribution in [2.24, 2.45) is 0 Å². The van der Waals surface area contributed by atoms with Gasteiger partial charge in [0.1, 0.15) is 16.0 Å². The van der Waals surface area contributed by atoms with Crippen molar-refractivity contribution >= 4 is 33.4 Å². The van der Waals surface area contributed by atoms with E-state index >= 15 is 0 Å². The summed E-state index contributed by atoms with van der Waals surface area (Å²) in [5, 5.41) is 2.88. The molecule has 0 aliphatic carbocycles. The quantitative estimate of drug-likeness (QED) is 0.750. The number of anilines is 1. The number of carbonyl (C=O) groups is 2. The summed E-state index contributed by atoms with van der Waals surface area (Å²) in [4.78, 5) is 26.5. The zero-order chi connectivity index (χ0) is 20.1. The minimum absolute atomic E-state index is 0.0761. The van der Waals surface area contributed by atoms with Gasteiger partial charge in [0.2, 0.25) is 5.91 Å². The molecule has 0 saturated carbocycles. The molecule has 1 N–H and O–H groups in total. The van der Waals surface area contributed by atoms with E-state index in [1.165, 1.54) is 19.1 Å². The van der Waals surface area contributed by atoms with Crippen LogP contribution in [0, 0.1) is 13.8 Å². The van der Waals surface area contributed by atoms with Gasteiger partial charge in [0.15, 0.2) is 0 Å². The summed E-state index contributed by atoms with van der Waals surface area (Å²) in [6.07, 6.45) is 0. The number of likely N-dealkylation sites (N-methyl/N-ethyl adjacent to an activating group) is 1. The Morgan fingerprint density at radius 1 is 1.07 bits per heavy atom. The predicted molar refractivity (Wildman–Crippen MR) is 109 cm³/mol. The van der Waals surface area contributed by atoms with Gasteiger partial charge in [0, 0.05) is 18.3 Å². The lowest BCUT2D eigenvalue weighted by Crippen LogP contribution is -2.35. The Morgan fingerprint density at radius 2 is 1.59 bits per heavy atom. The van der Waals surface area contributed by atoms with Crippen molar-refractivity contribution in [2.75, 3.05) is 33.1 Å². The fraction of sp³-hybridized carbons (Fsp3) is 0.300. The number of nitrogens with one attached hydrogen (secondary N) is 1. The molecule has 0 fully saturated rings. The van der Waals surface area contributed by atoms with Gasteiger partial charge in [-0.15, -0.1) is 0 Å². The number of benzene rings is 2. The Balaban J connectivity index is 2.15. The summed E-state index contributed by atoms with van der Waals surface area (Å²) in [5.74, 6) is 0.382. The van der Waals surface area contributed by atoms with Crippen molar-refractivity contribution in [2.45, 2.75) is 13.8 Å². The highest BCUT2D eigenvalue weighted by atomic mass is 79.9. The van der Waals surface area contributed by atoms with Crippen molar-refractivity contribution < 1.29 is 19.1 Å².